The lowest BCUT2D eigenvalue weighted by molar-refractivity contribution is 0.0983. The quantitative estimate of drug-likeness (QED) is 0.854. The molecule has 2 aromatic carbocycles. The molecule has 0 aliphatic carbocycles. The van der Waals surface area contributed by atoms with E-state index in [1.54, 1.807) is 0 Å². The molecule has 18 heavy (non-hydrogen) atoms. The third-order valence-electron chi connectivity index (χ3n) is 2.92. The number of aliphatic imine (C=N–C) groups is 1. The van der Waals surface area contributed by atoms with Crippen LogP contribution >= 0.6 is 0 Å². The van der Waals surface area contributed by atoms with Crippen molar-refractivity contribution in [2.75, 3.05) is 0 Å². The number of amidine groups is 1. The number of hydrogen-bond donors (Lipinski definition) is 1. The van der Waals surface area contributed by atoms with Gasteiger partial charge in [-0.3, -0.25) is 9.79 Å². The fraction of sp³-hybridized carbons (Fsp3) is 0.0667. The zero-order valence-corrected chi connectivity index (χ0v) is 9.76. The fourth-order valence-corrected chi connectivity index (χ4v) is 2.01. The van der Waals surface area contributed by atoms with E-state index in [0.717, 1.165) is 11.1 Å². The van der Waals surface area contributed by atoms with E-state index in [2.05, 4.69) is 10.3 Å². The summed E-state index contributed by atoms with van der Waals surface area (Å²) in [6.45, 7) is 0.574. The molecule has 1 aliphatic rings. The van der Waals surface area contributed by atoms with Gasteiger partial charge in [-0.2, -0.15) is 0 Å². The van der Waals surface area contributed by atoms with Gasteiger partial charge in [0, 0.05) is 5.56 Å². The molecular weight excluding hydrogens is 224 g/mol. The summed E-state index contributed by atoms with van der Waals surface area (Å²) >= 11 is 0. The molecule has 0 radical (unpaired) electrons. The van der Waals surface area contributed by atoms with Gasteiger partial charge >= 0.3 is 0 Å². The molecule has 0 atom stereocenters. The van der Waals surface area contributed by atoms with Crippen molar-refractivity contribution < 1.29 is 4.79 Å². The van der Waals surface area contributed by atoms with Crippen LogP contribution in [-0.2, 0) is 6.54 Å². The maximum atomic E-state index is 11.7. The molecule has 3 heteroatoms. The van der Waals surface area contributed by atoms with Crippen LogP contribution in [0.15, 0.2) is 59.6 Å². The molecule has 1 N–H and O–H groups in total. The minimum Gasteiger partial charge on any atom is -0.306 e. The van der Waals surface area contributed by atoms with Crippen molar-refractivity contribution in [1.82, 2.24) is 5.32 Å². The first-order valence-corrected chi connectivity index (χ1v) is 5.84. The molecule has 0 saturated heterocycles. The summed E-state index contributed by atoms with van der Waals surface area (Å²) in [5.74, 6) is 0.594. The van der Waals surface area contributed by atoms with Crippen LogP contribution in [0.25, 0.3) is 0 Å². The monoisotopic (exact) mass is 236 g/mol. The Labute approximate surface area is 105 Å². The summed E-state index contributed by atoms with van der Waals surface area (Å²) in [5, 5.41) is 2.80. The summed E-state index contributed by atoms with van der Waals surface area (Å²) in [6, 6.07) is 17.5. The second-order valence-corrected chi connectivity index (χ2v) is 4.15. The zero-order valence-electron chi connectivity index (χ0n) is 9.76. The van der Waals surface area contributed by atoms with E-state index >= 15 is 0 Å². The molecule has 0 unspecified atom stereocenters. The van der Waals surface area contributed by atoms with E-state index in [1.165, 1.54) is 0 Å². The second-order valence-electron chi connectivity index (χ2n) is 4.15. The standard InChI is InChI=1S/C15H12N2O/c18-15-13-9-5-4-8-12(13)14(17-15)16-10-11-6-2-1-3-7-11/h1-9H,10H2,(H,16,17,18). The third-order valence-corrected chi connectivity index (χ3v) is 2.92. The Hall–Kier alpha value is -2.42. The van der Waals surface area contributed by atoms with Crippen LogP contribution in [0.1, 0.15) is 21.5 Å². The molecule has 0 aromatic heterocycles. The van der Waals surface area contributed by atoms with Crippen molar-refractivity contribution in [3.63, 3.8) is 0 Å². The van der Waals surface area contributed by atoms with Gasteiger partial charge in [0.2, 0.25) is 0 Å². The third kappa shape index (κ3) is 1.91. The molecular formula is C15H12N2O. The van der Waals surface area contributed by atoms with E-state index in [1.807, 2.05) is 54.6 Å². The lowest BCUT2D eigenvalue weighted by Gasteiger charge is -1.99. The highest BCUT2D eigenvalue weighted by atomic mass is 16.2. The van der Waals surface area contributed by atoms with Gasteiger partial charge in [0.1, 0.15) is 5.84 Å². The lowest BCUT2D eigenvalue weighted by Crippen LogP contribution is -2.21. The fourth-order valence-electron chi connectivity index (χ4n) is 2.01. The van der Waals surface area contributed by atoms with E-state index in [-0.39, 0.29) is 5.91 Å². The summed E-state index contributed by atoms with van der Waals surface area (Å²) in [7, 11) is 0. The summed E-state index contributed by atoms with van der Waals surface area (Å²) < 4.78 is 0. The Morgan fingerprint density at radius 1 is 0.889 bits per heavy atom. The number of amides is 1. The predicted molar refractivity (Wildman–Crippen MR) is 70.6 cm³/mol. The maximum Gasteiger partial charge on any atom is 0.257 e. The average Bonchev–Trinajstić information content (AvgIpc) is 2.75. The van der Waals surface area contributed by atoms with Crippen molar-refractivity contribution in [2.45, 2.75) is 6.54 Å². The highest BCUT2D eigenvalue weighted by Gasteiger charge is 2.23. The molecule has 3 nitrogen and oxygen atoms in total. The van der Waals surface area contributed by atoms with Crippen molar-refractivity contribution in [3.05, 3.63) is 71.3 Å². The molecule has 0 saturated carbocycles. The van der Waals surface area contributed by atoms with Gasteiger partial charge in [-0.25, -0.2) is 0 Å². The Morgan fingerprint density at radius 2 is 1.56 bits per heavy atom. The minimum atomic E-state index is -0.0718. The van der Waals surface area contributed by atoms with Gasteiger partial charge < -0.3 is 5.32 Å². The predicted octanol–water partition coefficient (Wildman–Crippen LogP) is 2.38. The van der Waals surface area contributed by atoms with E-state index in [9.17, 15) is 4.79 Å². The smallest absolute Gasteiger partial charge is 0.257 e. The summed E-state index contributed by atoms with van der Waals surface area (Å²) in [6.07, 6.45) is 0. The Bertz CT molecular complexity index is 617. The lowest BCUT2D eigenvalue weighted by atomic mass is 10.1. The van der Waals surface area contributed by atoms with Gasteiger partial charge in [0.05, 0.1) is 12.1 Å². The number of carbonyl (C=O) groups excluding carboxylic acids is 1. The Morgan fingerprint density at radius 3 is 2.33 bits per heavy atom. The molecule has 88 valence electrons. The average molecular weight is 236 g/mol. The van der Waals surface area contributed by atoms with Crippen LogP contribution in [0.3, 0.4) is 0 Å². The first-order chi connectivity index (χ1) is 8.84. The summed E-state index contributed by atoms with van der Waals surface area (Å²) in [5.41, 5.74) is 2.71. The van der Waals surface area contributed by atoms with Gasteiger partial charge in [-0.15, -0.1) is 0 Å². The second kappa shape index (κ2) is 4.45. The number of benzene rings is 2. The SMILES string of the molecule is O=C1NC(=NCc2ccccc2)c2ccccc21. The number of carbonyl (C=O) groups is 1. The topological polar surface area (TPSA) is 41.5 Å². The first kappa shape index (κ1) is 10.7. The van der Waals surface area contributed by atoms with Crippen molar-refractivity contribution >= 4 is 11.7 Å². The minimum absolute atomic E-state index is 0.0718. The van der Waals surface area contributed by atoms with E-state index < -0.39 is 0 Å². The maximum absolute atomic E-state index is 11.7. The van der Waals surface area contributed by atoms with E-state index in [4.69, 9.17) is 0 Å². The van der Waals surface area contributed by atoms with Crippen LogP contribution in [-0.4, -0.2) is 11.7 Å². The van der Waals surface area contributed by atoms with Gasteiger partial charge in [-0.1, -0.05) is 48.5 Å². The molecule has 1 amide bonds. The van der Waals surface area contributed by atoms with Crippen LogP contribution < -0.4 is 5.32 Å². The van der Waals surface area contributed by atoms with Crippen LogP contribution in [0.5, 0.6) is 0 Å². The molecule has 0 bridgehead atoms. The number of hydrogen-bond acceptors (Lipinski definition) is 2. The molecule has 2 aromatic rings. The van der Waals surface area contributed by atoms with E-state index in [0.29, 0.717) is 17.9 Å². The normalized spacial score (nSPS) is 15.6. The number of rotatable bonds is 2. The molecule has 0 fully saturated rings. The van der Waals surface area contributed by atoms with Gasteiger partial charge in [0.25, 0.3) is 5.91 Å². The Balaban J connectivity index is 1.89. The first-order valence-electron chi connectivity index (χ1n) is 5.84. The summed E-state index contributed by atoms with van der Waals surface area (Å²) in [4.78, 5) is 16.2. The molecule has 0 spiro atoms. The highest BCUT2D eigenvalue weighted by Crippen LogP contribution is 2.15. The highest BCUT2D eigenvalue weighted by molar-refractivity contribution is 6.23. The van der Waals surface area contributed by atoms with Crippen molar-refractivity contribution in [2.24, 2.45) is 4.99 Å². The van der Waals surface area contributed by atoms with Gasteiger partial charge in [-0.05, 0) is 11.6 Å². The van der Waals surface area contributed by atoms with Crippen LogP contribution in [0, 0.1) is 0 Å². The number of nitrogens with one attached hydrogen (secondary N) is 1. The number of fused-ring (bicyclic) bond motifs is 1. The molecule has 3 rings (SSSR count). The number of nitrogens with zero attached hydrogens (tertiary/aromatic N) is 1. The van der Waals surface area contributed by atoms with Crippen molar-refractivity contribution in [3.8, 4) is 0 Å². The van der Waals surface area contributed by atoms with Crippen LogP contribution in [0.4, 0.5) is 0 Å². The molecule has 1 heterocycles. The molecule has 1 aliphatic heterocycles. The van der Waals surface area contributed by atoms with Gasteiger partial charge in [0.15, 0.2) is 0 Å². The zero-order chi connectivity index (χ0) is 12.4. The van der Waals surface area contributed by atoms with Crippen molar-refractivity contribution in [1.29, 1.82) is 0 Å². The van der Waals surface area contributed by atoms with Crippen LogP contribution in [0.2, 0.25) is 0 Å². The Kier molecular flexibility index (Phi) is 2.65. The largest absolute Gasteiger partial charge is 0.306 e.